The summed E-state index contributed by atoms with van der Waals surface area (Å²) in [7, 11) is 0. The number of carbonyl (C=O) groups is 1. The topological polar surface area (TPSA) is 48.0 Å². The van der Waals surface area contributed by atoms with E-state index in [4.69, 9.17) is 14.2 Å². The van der Waals surface area contributed by atoms with Crippen molar-refractivity contribution in [1.82, 2.24) is 4.90 Å². The Morgan fingerprint density at radius 2 is 1.52 bits per heavy atom. The van der Waals surface area contributed by atoms with Gasteiger partial charge >= 0.3 is 0 Å². The van der Waals surface area contributed by atoms with Gasteiger partial charge in [0.05, 0.1) is 13.2 Å². The van der Waals surface area contributed by atoms with Crippen LogP contribution < -0.4 is 4.74 Å². The average molecular weight is 367 g/mol. The van der Waals surface area contributed by atoms with Crippen LogP contribution in [0.2, 0.25) is 0 Å². The number of hydrogen-bond acceptors (Lipinski definition) is 4. The van der Waals surface area contributed by atoms with Crippen LogP contribution in [0.4, 0.5) is 0 Å². The third kappa shape index (κ3) is 4.31. The Bertz CT molecular complexity index is 722. The SMILES string of the molecule is O=C(C(Oc1ccccc1)c1ccccc1)N1CCC(C2OCCO2)CC1. The fourth-order valence-electron chi connectivity index (χ4n) is 3.73. The van der Waals surface area contributed by atoms with Gasteiger partial charge < -0.3 is 19.1 Å². The average Bonchev–Trinajstić information content (AvgIpc) is 3.28. The number of benzene rings is 2. The van der Waals surface area contributed by atoms with E-state index < -0.39 is 6.10 Å². The second-order valence-corrected chi connectivity index (χ2v) is 6.99. The van der Waals surface area contributed by atoms with Crippen molar-refractivity contribution in [2.24, 2.45) is 5.92 Å². The number of hydrogen-bond donors (Lipinski definition) is 0. The summed E-state index contributed by atoms with van der Waals surface area (Å²) in [5, 5.41) is 0. The van der Waals surface area contributed by atoms with E-state index in [-0.39, 0.29) is 12.2 Å². The van der Waals surface area contributed by atoms with E-state index in [2.05, 4.69) is 0 Å². The van der Waals surface area contributed by atoms with Crippen molar-refractivity contribution in [3.8, 4) is 5.75 Å². The van der Waals surface area contributed by atoms with Crippen molar-refractivity contribution < 1.29 is 19.0 Å². The van der Waals surface area contributed by atoms with E-state index in [1.807, 2.05) is 65.6 Å². The minimum atomic E-state index is -0.635. The fraction of sp³-hybridized carbons (Fsp3) is 0.409. The molecule has 0 bridgehead atoms. The molecule has 2 aromatic rings. The van der Waals surface area contributed by atoms with Crippen LogP contribution in [0.3, 0.4) is 0 Å². The lowest BCUT2D eigenvalue weighted by Gasteiger charge is -2.35. The molecule has 2 fully saturated rings. The molecule has 5 nitrogen and oxygen atoms in total. The molecule has 1 unspecified atom stereocenters. The van der Waals surface area contributed by atoms with Gasteiger partial charge in [-0.1, -0.05) is 48.5 Å². The number of ether oxygens (including phenoxy) is 3. The van der Waals surface area contributed by atoms with Crippen LogP contribution in [-0.4, -0.2) is 43.4 Å². The highest BCUT2D eigenvalue weighted by Gasteiger charge is 2.34. The molecule has 1 atom stereocenters. The monoisotopic (exact) mass is 367 g/mol. The molecule has 2 aliphatic heterocycles. The minimum Gasteiger partial charge on any atom is -0.476 e. The zero-order chi connectivity index (χ0) is 18.5. The van der Waals surface area contributed by atoms with Crippen molar-refractivity contribution in [2.45, 2.75) is 25.2 Å². The van der Waals surface area contributed by atoms with Crippen LogP contribution in [0.5, 0.6) is 5.75 Å². The van der Waals surface area contributed by atoms with Crippen molar-refractivity contribution in [3.05, 3.63) is 66.2 Å². The zero-order valence-corrected chi connectivity index (χ0v) is 15.3. The number of carbonyl (C=O) groups excluding carboxylic acids is 1. The molecule has 0 saturated carbocycles. The molecule has 0 radical (unpaired) electrons. The molecule has 1 amide bonds. The van der Waals surface area contributed by atoms with E-state index in [9.17, 15) is 4.79 Å². The first-order valence-corrected chi connectivity index (χ1v) is 9.60. The number of amides is 1. The Morgan fingerprint density at radius 3 is 2.15 bits per heavy atom. The summed E-state index contributed by atoms with van der Waals surface area (Å²) >= 11 is 0. The van der Waals surface area contributed by atoms with Crippen molar-refractivity contribution in [1.29, 1.82) is 0 Å². The minimum absolute atomic E-state index is 0.0109. The number of rotatable bonds is 5. The molecule has 27 heavy (non-hydrogen) atoms. The van der Waals surface area contributed by atoms with Gasteiger partial charge in [-0.3, -0.25) is 4.79 Å². The third-order valence-electron chi connectivity index (χ3n) is 5.21. The normalized spacial score (nSPS) is 19.8. The highest BCUT2D eigenvalue weighted by atomic mass is 16.7. The molecule has 0 N–H and O–H groups in total. The number of likely N-dealkylation sites (tertiary alicyclic amines) is 1. The summed E-state index contributed by atoms with van der Waals surface area (Å²) < 4.78 is 17.4. The molecule has 0 aromatic heterocycles. The quantitative estimate of drug-likeness (QED) is 0.812. The molecule has 0 spiro atoms. The van der Waals surface area contributed by atoms with E-state index in [0.29, 0.717) is 38.0 Å². The van der Waals surface area contributed by atoms with Crippen molar-refractivity contribution in [2.75, 3.05) is 26.3 Å². The third-order valence-corrected chi connectivity index (χ3v) is 5.21. The maximum absolute atomic E-state index is 13.3. The van der Waals surface area contributed by atoms with Crippen LogP contribution in [0.25, 0.3) is 0 Å². The molecule has 142 valence electrons. The molecule has 2 aromatic carbocycles. The Hall–Kier alpha value is -2.37. The molecule has 4 rings (SSSR count). The van der Waals surface area contributed by atoms with Gasteiger partial charge in [0.1, 0.15) is 5.75 Å². The van der Waals surface area contributed by atoms with E-state index in [0.717, 1.165) is 18.4 Å². The Balaban J connectivity index is 1.46. The van der Waals surface area contributed by atoms with Gasteiger partial charge in [0.2, 0.25) is 6.10 Å². The Labute approximate surface area is 159 Å². The van der Waals surface area contributed by atoms with Gasteiger partial charge in [-0.05, 0) is 25.0 Å². The van der Waals surface area contributed by atoms with Gasteiger partial charge in [-0.15, -0.1) is 0 Å². The Kier molecular flexibility index (Phi) is 5.70. The summed E-state index contributed by atoms with van der Waals surface area (Å²) in [5.41, 5.74) is 0.871. The molecule has 2 aliphatic rings. The highest BCUT2D eigenvalue weighted by Crippen LogP contribution is 2.29. The maximum atomic E-state index is 13.3. The second-order valence-electron chi connectivity index (χ2n) is 6.99. The van der Waals surface area contributed by atoms with Gasteiger partial charge in [0.15, 0.2) is 6.29 Å². The summed E-state index contributed by atoms with van der Waals surface area (Å²) in [6.45, 7) is 2.75. The van der Waals surface area contributed by atoms with Crippen LogP contribution in [-0.2, 0) is 14.3 Å². The van der Waals surface area contributed by atoms with Gasteiger partial charge in [-0.2, -0.15) is 0 Å². The molecule has 2 saturated heterocycles. The van der Waals surface area contributed by atoms with E-state index in [1.165, 1.54) is 0 Å². The van der Waals surface area contributed by atoms with Crippen LogP contribution in [0, 0.1) is 5.92 Å². The second kappa shape index (κ2) is 8.55. The van der Waals surface area contributed by atoms with Crippen molar-refractivity contribution >= 4 is 5.91 Å². The highest BCUT2D eigenvalue weighted by molar-refractivity contribution is 5.82. The zero-order valence-electron chi connectivity index (χ0n) is 15.3. The van der Waals surface area contributed by atoms with Crippen LogP contribution in [0.1, 0.15) is 24.5 Å². The van der Waals surface area contributed by atoms with Crippen molar-refractivity contribution in [3.63, 3.8) is 0 Å². The number of para-hydroxylation sites is 1. The smallest absolute Gasteiger partial charge is 0.268 e. The Morgan fingerprint density at radius 1 is 0.926 bits per heavy atom. The predicted octanol–water partition coefficient (Wildman–Crippen LogP) is 3.42. The van der Waals surface area contributed by atoms with Gasteiger partial charge in [0, 0.05) is 24.6 Å². The summed E-state index contributed by atoms with van der Waals surface area (Å²) in [6, 6.07) is 19.2. The molecule has 0 aliphatic carbocycles. The standard InChI is InChI=1S/C22H25NO4/c24-21(23-13-11-18(12-14-23)22-25-15-16-26-22)20(17-7-3-1-4-8-17)27-19-9-5-2-6-10-19/h1-10,18,20,22H,11-16H2. The summed E-state index contributed by atoms with van der Waals surface area (Å²) in [6.07, 6.45) is 1.05. The number of piperidine rings is 1. The first-order chi connectivity index (χ1) is 13.3. The predicted molar refractivity (Wildman–Crippen MR) is 101 cm³/mol. The van der Waals surface area contributed by atoms with E-state index in [1.54, 1.807) is 0 Å². The largest absolute Gasteiger partial charge is 0.476 e. The lowest BCUT2D eigenvalue weighted by atomic mass is 9.95. The first-order valence-electron chi connectivity index (χ1n) is 9.60. The van der Waals surface area contributed by atoms with Crippen LogP contribution >= 0.6 is 0 Å². The lowest BCUT2D eigenvalue weighted by Crippen LogP contribution is -2.44. The fourth-order valence-corrected chi connectivity index (χ4v) is 3.73. The van der Waals surface area contributed by atoms with E-state index >= 15 is 0 Å². The molecule has 2 heterocycles. The van der Waals surface area contributed by atoms with Gasteiger partial charge in [-0.25, -0.2) is 0 Å². The van der Waals surface area contributed by atoms with Gasteiger partial charge in [0.25, 0.3) is 5.91 Å². The molecular weight excluding hydrogens is 342 g/mol. The summed E-state index contributed by atoms with van der Waals surface area (Å²) in [4.78, 5) is 15.2. The van der Waals surface area contributed by atoms with Crippen LogP contribution in [0.15, 0.2) is 60.7 Å². The molecule has 5 heteroatoms. The molecular formula is C22H25NO4. The first kappa shape index (κ1) is 18.0. The lowest BCUT2D eigenvalue weighted by molar-refractivity contribution is -0.144. The maximum Gasteiger partial charge on any atom is 0.268 e. The number of nitrogens with zero attached hydrogens (tertiary/aromatic N) is 1. The summed E-state index contributed by atoms with van der Waals surface area (Å²) in [5.74, 6) is 1.07.